The maximum Gasteiger partial charge on any atom is 0.192 e. The van der Waals surface area contributed by atoms with Gasteiger partial charge in [-0.3, -0.25) is 0 Å². The molecule has 1 unspecified atom stereocenters. The monoisotopic (exact) mass is 248 g/mol. The van der Waals surface area contributed by atoms with Crippen LogP contribution in [-0.4, -0.2) is 9.17 Å². The molecule has 0 N–H and O–H groups in total. The largest absolute Gasteiger partial charge is 0.192 e. The fourth-order valence-electron chi connectivity index (χ4n) is 0.797. The highest BCUT2D eigenvalue weighted by molar-refractivity contribution is 6.67. The van der Waals surface area contributed by atoms with Crippen molar-refractivity contribution in [3.8, 4) is 0 Å². The van der Waals surface area contributed by atoms with Crippen LogP contribution in [0.5, 0.6) is 0 Å². The molecule has 0 saturated carbocycles. The van der Waals surface area contributed by atoms with Gasteiger partial charge >= 0.3 is 0 Å². The molecule has 0 aromatic rings. The molecule has 0 saturated heterocycles. The number of halogens is 4. The van der Waals surface area contributed by atoms with Crippen LogP contribution in [0.3, 0.4) is 0 Å². The Morgan fingerprint density at radius 2 is 1.92 bits per heavy atom. The topological polar surface area (TPSA) is 0 Å². The molecule has 0 nitrogen and oxygen atoms in total. The van der Waals surface area contributed by atoms with E-state index in [-0.39, 0.29) is 5.38 Å². The minimum Gasteiger partial charge on any atom is -0.123 e. The molecular formula is C8H12Cl4. The molecule has 12 heavy (non-hydrogen) atoms. The Kier molecular flexibility index (Phi) is 6.85. The number of hydrogen-bond donors (Lipinski definition) is 0. The van der Waals surface area contributed by atoms with Crippen molar-refractivity contribution in [3.63, 3.8) is 0 Å². The van der Waals surface area contributed by atoms with E-state index in [1.54, 1.807) is 0 Å². The highest BCUT2D eigenvalue weighted by Crippen LogP contribution is 2.34. The summed E-state index contributed by atoms with van der Waals surface area (Å²) in [6, 6.07) is 0. The minimum absolute atomic E-state index is 0.0614. The van der Waals surface area contributed by atoms with Crippen molar-refractivity contribution < 1.29 is 0 Å². The van der Waals surface area contributed by atoms with Crippen LogP contribution in [0.1, 0.15) is 26.2 Å². The lowest BCUT2D eigenvalue weighted by Gasteiger charge is -2.14. The summed E-state index contributed by atoms with van der Waals surface area (Å²) in [5.41, 5.74) is 0. The molecule has 0 amide bonds. The summed E-state index contributed by atoms with van der Waals surface area (Å²) in [6.07, 6.45) is 6.22. The van der Waals surface area contributed by atoms with Crippen LogP contribution in [0.25, 0.3) is 0 Å². The van der Waals surface area contributed by atoms with Crippen molar-refractivity contribution in [2.24, 2.45) is 0 Å². The first kappa shape index (κ1) is 12.9. The summed E-state index contributed by atoms with van der Waals surface area (Å²) in [4.78, 5) is 0. The predicted molar refractivity (Wildman–Crippen MR) is 58.6 cm³/mol. The van der Waals surface area contributed by atoms with Gasteiger partial charge in [-0.05, 0) is 19.8 Å². The first-order chi connectivity index (χ1) is 5.45. The molecule has 4 heteroatoms. The minimum atomic E-state index is -1.22. The number of allylic oxidation sites excluding steroid dienone is 2. The van der Waals surface area contributed by atoms with Crippen LogP contribution in [0.15, 0.2) is 12.2 Å². The Morgan fingerprint density at radius 3 is 2.33 bits per heavy atom. The van der Waals surface area contributed by atoms with E-state index in [0.29, 0.717) is 6.42 Å². The zero-order valence-corrected chi connectivity index (χ0v) is 9.89. The van der Waals surface area contributed by atoms with Crippen LogP contribution < -0.4 is 0 Å². The maximum atomic E-state index is 5.91. The zero-order valence-electron chi connectivity index (χ0n) is 6.87. The molecular weight excluding hydrogens is 238 g/mol. The van der Waals surface area contributed by atoms with Crippen LogP contribution >= 0.6 is 46.4 Å². The fraction of sp³-hybridized carbons (Fsp3) is 0.750. The van der Waals surface area contributed by atoms with E-state index in [9.17, 15) is 0 Å². The number of alkyl halides is 4. The first-order valence-corrected chi connectivity index (χ1v) is 5.34. The van der Waals surface area contributed by atoms with Crippen molar-refractivity contribution in [1.82, 2.24) is 0 Å². The summed E-state index contributed by atoms with van der Waals surface area (Å²) >= 11 is 22.6. The molecule has 0 radical (unpaired) electrons. The Hall–Kier alpha value is 0.900. The molecule has 0 aliphatic heterocycles. The van der Waals surface area contributed by atoms with Crippen LogP contribution in [-0.2, 0) is 0 Å². The van der Waals surface area contributed by atoms with Crippen molar-refractivity contribution >= 4 is 46.4 Å². The van der Waals surface area contributed by atoms with Crippen molar-refractivity contribution in [3.05, 3.63) is 12.2 Å². The Bertz CT molecular complexity index is 136. The average molecular weight is 250 g/mol. The van der Waals surface area contributed by atoms with Gasteiger partial charge < -0.3 is 0 Å². The second-order valence-electron chi connectivity index (χ2n) is 2.56. The molecule has 0 aliphatic rings. The van der Waals surface area contributed by atoms with Gasteiger partial charge in [0.15, 0.2) is 3.79 Å². The molecule has 0 aliphatic carbocycles. The number of rotatable bonds is 4. The standard InChI is InChI=1S/C8H12Cl4/c1-2-3-4-5-7(9)6-8(10,11)12/h2-3,7H,4-6H2,1H3. The molecule has 1 atom stereocenters. The van der Waals surface area contributed by atoms with Crippen LogP contribution in [0.2, 0.25) is 0 Å². The lowest BCUT2D eigenvalue weighted by Crippen LogP contribution is -2.11. The van der Waals surface area contributed by atoms with Crippen molar-refractivity contribution in [1.29, 1.82) is 0 Å². The summed E-state index contributed by atoms with van der Waals surface area (Å²) in [6.45, 7) is 1.97. The normalized spacial score (nSPS) is 15.4. The smallest absolute Gasteiger partial charge is 0.123 e. The van der Waals surface area contributed by atoms with E-state index in [4.69, 9.17) is 46.4 Å². The van der Waals surface area contributed by atoms with Gasteiger partial charge in [-0.15, -0.1) is 11.6 Å². The molecule has 72 valence electrons. The lowest BCUT2D eigenvalue weighted by molar-refractivity contribution is 0.708. The third-order valence-corrected chi connectivity index (χ3v) is 2.17. The second kappa shape index (κ2) is 6.37. The third kappa shape index (κ3) is 8.99. The van der Waals surface area contributed by atoms with Crippen molar-refractivity contribution in [2.75, 3.05) is 0 Å². The van der Waals surface area contributed by atoms with E-state index in [1.165, 1.54) is 0 Å². The number of hydrogen-bond acceptors (Lipinski definition) is 0. The highest BCUT2D eigenvalue weighted by atomic mass is 35.6. The summed E-state index contributed by atoms with van der Waals surface area (Å²) in [7, 11) is 0. The molecule has 0 fully saturated rings. The Morgan fingerprint density at radius 1 is 1.33 bits per heavy atom. The van der Waals surface area contributed by atoms with Gasteiger partial charge in [-0.25, -0.2) is 0 Å². The lowest BCUT2D eigenvalue weighted by atomic mass is 10.2. The molecule has 0 bridgehead atoms. The van der Waals surface area contributed by atoms with Gasteiger partial charge in [0.05, 0.1) is 0 Å². The third-order valence-electron chi connectivity index (χ3n) is 1.34. The Labute approximate surface area is 93.8 Å². The fourth-order valence-corrected chi connectivity index (χ4v) is 1.95. The molecule has 0 heterocycles. The molecule has 0 aromatic heterocycles. The predicted octanol–water partition coefficient (Wildman–Crippen LogP) is 4.71. The van der Waals surface area contributed by atoms with E-state index < -0.39 is 3.79 Å². The van der Waals surface area contributed by atoms with Gasteiger partial charge in [0.25, 0.3) is 0 Å². The summed E-state index contributed by atoms with van der Waals surface area (Å²) < 4.78 is -1.22. The first-order valence-electron chi connectivity index (χ1n) is 3.77. The summed E-state index contributed by atoms with van der Waals surface area (Å²) in [5, 5.41) is -0.0614. The summed E-state index contributed by atoms with van der Waals surface area (Å²) in [5.74, 6) is 0. The maximum absolute atomic E-state index is 5.91. The molecule has 0 spiro atoms. The SMILES string of the molecule is CC=CCCC(Cl)CC(Cl)(Cl)Cl. The van der Waals surface area contributed by atoms with Gasteiger partial charge in [-0.1, -0.05) is 47.0 Å². The van der Waals surface area contributed by atoms with Crippen molar-refractivity contribution in [2.45, 2.75) is 35.4 Å². The van der Waals surface area contributed by atoms with E-state index in [1.807, 2.05) is 19.1 Å². The van der Waals surface area contributed by atoms with E-state index in [0.717, 1.165) is 12.8 Å². The van der Waals surface area contributed by atoms with Gasteiger partial charge in [0.2, 0.25) is 0 Å². The second-order valence-corrected chi connectivity index (χ2v) is 5.70. The van der Waals surface area contributed by atoms with Gasteiger partial charge in [0.1, 0.15) is 0 Å². The highest BCUT2D eigenvalue weighted by Gasteiger charge is 2.23. The van der Waals surface area contributed by atoms with Gasteiger partial charge in [-0.2, -0.15) is 0 Å². The molecule has 0 rings (SSSR count). The van der Waals surface area contributed by atoms with Crippen LogP contribution in [0, 0.1) is 0 Å². The van der Waals surface area contributed by atoms with E-state index in [2.05, 4.69) is 0 Å². The quantitative estimate of drug-likeness (QED) is 0.500. The Balaban J connectivity index is 3.53. The van der Waals surface area contributed by atoms with Crippen LogP contribution in [0.4, 0.5) is 0 Å². The molecule has 0 aromatic carbocycles. The zero-order chi connectivity index (χ0) is 9.61. The van der Waals surface area contributed by atoms with E-state index >= 15 is 0 Å². The average Bonchev–Trinajstić information content (AvgIpc) is 1.84. The van der Waals surface area contributed by atoms with Gasteiger partial charge in [0, 0.05) is 11.8 Å².